The summed E-state index contributed by atoms with van der Waals surface area (Å²) in [6.45, 7) is 2.71. The van der Waals surface area contributed by atoms with E-state index in [0.29, 0.717) is 17.2 Å². The summed E-state index contributed by atoms with van der Waals surface area (Å²) in [4.78, 5) is 25.0. The molecule has 2 radical (unpaired) electrons. The molecule has 5 nitrogen and oxygen atoms in total. The van der Waals surface area contributed by atoms with Crippen LogP contribution < -0.4 is 16.0 Å². The molecule has 0 aliphatic heterocycles. The van der Waals surface area contributed by atoms with Gasteiger partial charge in [0.2, 0.25) is 0 Å². The number of hydrogen-bond acceptors (Lipinski definition) is 3. The van der Waals surface area contributed by atoms with Gasteiger partial charge in [0.1, 0.15) is 0 Å². The Hall–Kier alpha value is -1.98. The Morgan fingerprint density at radius 3 is 2.41 bits per heavy atom. The number of benzene rings is 1. The number of hydrogen-bond donors (Lipinski definition) is 2. The number of fused-ring (bicyclic) bond motifs is 1. The second kappa shape index (κ2) is 4.49. The van der Waals surface area contributed by atoms with Crippen LogP contribution in [0.15, 0.2) is 27.8 Å². The average Bonchev–Trinajstić information content (AvgIpc) is 2.36. The molecule has 0 saturated carbocycles. The quantitative estimate of drug-likeness (QED) is 0.737. The fourth-order valence-corrected chi connectivity index (χ4v) is 1.78. The molecule has 1 aromatic carbocycles. The molecule has 1 aromatic heterocycles. The summed E-state index contributed by atoms with van der Waals surface area (Å²) in [5, 5.41) is 5.34. The van der Waals surface area contributed by atoms with Crippen molar-refractivity contribution in [2.24, 2.45) is 0 Å². The zero-order valence-corrected chi connectivity index (χ0v) is 9.49. The highest BCUT2D eigenvalue weighted by Crippen LogP contribution is 2.17. The molecule has 2 aromatic rings. The van der Waals surface area contributed by atoms with E-state index in [1.54, 1.807) is 18.2 Å². The summed E-state index contributed by atoms with van der Waals surface area (Å²) in [6, 6.07) is 5.10. The molecule has 1 heterocycles. The number of H-pyrrole nitrogens is 2. The molecule has 0 fully saturated rings. The van der Waals surface area contributed by atoms with Crippen molar-refractivity contribution in [3.05, 3.63) is 38.9 Å². The lowest BCUT2D eigenvalue weighted by molar-refractivity contribution is 0.939. The van der Waals surface area contributed by atoms with E-state index < -0.39 is 0 Å². The van der Waals surface area contributed by atoms with Crippen molar-refractivity contribution < 1.29 is 0 Å². The molecule has 0 amide bonds. The maximum absolute atomic E-state index is 11.6. The van der Waals surface area contributed by atoms with Crippen molar-refractivity contribution in [2.75, 3.05) is 17.9 Å². The Bertz CT molecular complexity index is 643. The van der Waals surface area contributed by atoms with Gasteiger partial charge < -0.3 is 4.90 Å². The molecule has 0 atom stereocenters. The minimum Gasteiger partial charge on any atom is -0.381 e. The summed E-state index contributed by atoms with van der Waals surface area (Å²) in [5.41, 5.74) is 0.218. The Morgan fingerprint density at radius 2 is 1.82 bits per heavy atom. The van der Waals surface area contributed by atoms with Gasteiger partial charge in [-0.15, -0.1) is 0 Å². The number of nitrogens with one attached hydrogen (secondary N) is 2. The van der Waals surface area contributed by atoms with Crippen molar-refractivity contribution in [1.82, 2.24) is 10.2 Å². The van der Waals surface area contributed by atoms with Crippen LogP contribution in [-0.2, 0) is 0 Å². The maximum Gasteiger partial charge on any atom is 0.270 e. The first-order chi connectivity index (χ1) is 8.17. The van der Waals surface area contributed by atoms with Crippen LogP contribution in [0.2, 0.25) is 0 Å². The highest BCUT2D eigenvalue weighted by molar-refractivity contribution is 6.10. The third-order valence-corrected chi connectivity index (χ3v) is 2.75. The monoisotopic (exact) mass is 229 g/mol. The van der Waals surface area contributed by atoms with Crippen molar-refractivity contribution >= 4 is 24.3 Å². The van der Waals surface area contributed by atoms with Gasteiger partial charge >= 0.3 is 0 Å². The number of aromatic nitrogens is 2. The third-order valence-electron chi connectivity index (χ3n) is 2.75. The summed E-state index contributed by atoms with van der Waals surface area (Å²) < 4.78 is 0. The molecule has 86 valence electrons. The third kappa shape index (κ3) is 1.98. The molecule has 2 rings (SSSR count). The van der Waals surface area contributed by atoms with Crippen molar-refractivity contribution in [1.29, 1.82) is 0 Å². The van der Waals surface area contributed by atoms with Gasteiger partial charge in [0.25, 0.3) is 11.1 Å². The van der Waals surface area contributed by atoms with E-state index in [4.69, 9.17) is 7.85 Å². The van der Waals surface area contributed by atoms with Gasteiger partial charge in [-0.2, -0.15) is 0 Å². The van der Waals surface area contributed by atoms with Gasteiger partial charge in [-0.3, -0.25) is 19.8 Å². The van der Waals surface area contributed by atoms with E-state index in [2.05, 4.69) is 10.2 Å². The molecule has 0 unspecified atom stereocenters. The van der Waals surface area contributed by atoms with Gasteiger partial charge in [0.15, 0.2) is 0 Å². The lowest BCUT2D eigenvalue weighted by Crippen LogP contribution is -2.25. The molecule has 0 spiro atoms. The normalized spacial score (nSPS) is 10.6. The van der Waals surface area contributed by atoms with Crippen molar-refractivity contribution in [2.45, 2.75) is 6.92 Å². The molecule has 0 aliphatic rings. The van der Waals surface area contributed by atoms with Crippen LogP contribution in [0, 0.1) is 0 Å². The molecule has 6 heteroatoms. The average molecular weight is 229 g/mol. The van der Waals surface area contributed by atoms with E-state index in [0.717, 1.165) is 12.2 Å². The minimum absolute atomic E-state index is 0.304. The first-order valence-corrected chi connectivity index (χ1v) is 5.37. The first kappa shape index (κ1) is 11.5. The molecular formula is C11H12BN3O2. The molecule has 17 heavy (non-hydrogen) atoms. The zero-order chi connectivity index (χ0) is 12.4. The van der Waals surface area contributed by atoms with Crippen LogP contribution in [0.25, 0.3) is 10.8 Å². The zero-order valence-electron chi connectivity index (χ0n) is 9.49. The fourth-order valence-electron chi connectivity index (χ4n) is 1.78. The summed E-state index contributed by atoms with van der Waals surface area (Å²) in [5.74, 6) is 0. The Labute approximate surface area is 98.9 Å². The second-order valence-electron chi connectivity index (χ2n) is 3.68. The lowest BCUT2D eigenvalue weighted by Gasteiger charge is -2.21. The summed E-state index contributed by atoms with van der Waals surface area (Å²) >= 11 is 0. The topological polar surface area (TPSA) is 69.0 Å². The maximum atomic E-state index is 11.6. The number of rotatable bonds is 3. The largest absolute Gasteiger partial charge is 0.381 e. The van der Waals surface area contributed by atoms with E-state index in [1.165, 1.54) is 0 Å². The van der Waals surface area contributed by atoms with Crippen LogP contribution in [0.3, 0.4) is 0 Å². The van der Waals surface area contributed by atoms with Crippen LogP contribution in [0.5, 0.6) is 0 Å². The van der Waals surface area contributed by atoms with Gasteiger partial charge in [-0.1, -0.05) is 0 Å². The Balaban J connectivity index is 2.69. The van der Waals surface area contributed by atoms with E-state index in [9.17, 15) is 9.59 Å². The van der Waals surface area contributed by atoms with E-state index in [-0.39, 0.29) is 11.1 Å². The second-order valence-corrected chi connectivity index (χ2v) is 3.68. The highest BCUT2D eigenvalue weighted by Gasteiger charge is 2.06. The smallest absolute Gasteiger partial charge is 0.270 e. The molecule has 0 aliphatic carbocycles. The van der Waals surface area contributed by atoms with Crippen molar-refractivity contribution in [3.8, 4) is 0 Å². The number of aromatic amines is 2. The van der Waals surface area contributed by atoms with Gasteiger partial charge in [-0.25, -0.2) is 0 Å². The van der Waals surface area contributed by atoms with Gasteiger partial charge in [0, 0.05) is 12.2 Å². The van der Waals surface area contributed by atoms with E-state index in [1.807, 2.05) is 11.8 Å². The van der Waals surface area contributed by atoms with Crippen LogP contribution in [-0.4, -0.2) is 31.0 Å². The fraction of sp³-hybridized carbons (Fsp3) is 0.273. The molecule has 0 bridgehead atoms. The SMILES string of the molecule is [B]CN(CC)c1ccc2c(=O)[nH][nH]c(=O)c2c1. The predicted octanol–water partition coefficient (Wildman–Crippen LogP) is 0.169. The Kier molecular flexibility index (Phi) is 3.04. The molecule has 2 N–H and O–H groups in total. The molecule has 0 saturated heterocycles. The summed E-state index contributed by atoms with van der Waals surface area (Å²) in [7, 11) is 5.60. The molecular weight excluding hydrogens is 217 g/mol. The van der Waals surface area contributed by atoms with Crippen LogP contribution in [0.4, 0.5) is 5.69 Å². The number of nitrogens with zero attached hydrogens (tertiary/aromatic N) is 1. The summed E-state index contributed by atoms with van der Waals surface area (Å²) in [6.07, 6.45) is 0.364. The predicted molar refractivity (Wildman–Crippen MR) is 68.8 cm³/mol. The highest BCUT2D eigenvalue weighted by atomic mass is 16.1. The Morgan fingerprint density at radius 1 is 1.18 bits per heavy atom. The van der Waals surface area contributed by atoms with Gasteiger partial charge in [0.05, 0.1) is 18.6 Å². The number of anilines is 1. The van der Waals surface area contributed by atoms with Crippen LogP contribution >= 0.6 is 0 Å². The first-order valence-electron chi connectivity index (χ1n) is 5.37. The lowest BCUT2D eigenvalue weighted by atomic mass is 10.1. The van der Waals surface area contributed by atoms with E-state index >= 15 is 0 Å². The van der Waals surface area contributed by atoms with Crippen molar-refractivity contribution in [3.63, 3.8) is 0 Å². The minimum atomic E-state index is -0.311. The van der Waals surface area contributed by atoms with Gasteiger partial charge in [-0.05, 0) is 31.6 Å². The standard InChI is InChI=1S/C11H12BN3O2/c1-2-15(6-12)7-3-4-8-9(5-7)11(17)14-13-10(8)16/h3-5H,2,6H2,1H3,(H,13,16)(H,14,17). The van der Waals surface area contributed by atoms with Crippen LogP contribution in [0.1, 0.15) is 6.92 Å².